The van der Waals surface area contributed by atoms with Crippen LogP contribution in [0.15, 0.2) is 47.8 Å². The van der Waals surface area contributed by atoms with Gasteiger partial charge in [-0.05, 0) is 41.3 Å². The first-order valence-electron chi connectivity index (χ1n) is 10.5. The zero-order valence-electron chi connectivity index (χ0n) is 19.6. The third kappa shape index (κ3) is 4.03. The van der Waals surface area contributed by atoms with E-state index in [4.69, 9.17) is 18.9 Å². The number of anilines is 1. The van der Waals surface area contributed by atoms with E-state index >= 15 is 0 Å². The van der Waals surface area contributed by atoms with Crippen molar-refractivity contribution in [3.63, 3.8) is 0 Å². The molecule has 2 aromatic carbocycles. The van der Waals surface area contributed by atoms with Gasteiger partial charge in [0.25, 0.3) is 5.91 Å². The second-order valence-corrected chi connectivity index (χ2v) is 8.68. The van der Waals surface area contributed by atoms with E-state index in [1.165, 1.54) is 32.7 Å². The highest BCUT2D eigenvalue weighted by atomic mass is 32.1. The van der Waals surface area contributed by atoms with E-state index in [9.17, 15) is 9.59 Å². The van der Waals surface area contributed by atoms with Gasteiger partial charge in [0.1, 0.15) is 11.5 Å². The molecule has 2 heterocycles. The van der Waals surface area contributed by atoms with Gasteiger partial charge in [0.05, 0.1) is 46.1 Å². The van der Waals surface area contributed by atoms with Crippen LogP contribution in [-0.2, 0) is 4.79 Å². The van der Waals surface area contributed by atoms with Gasteiger partial charge in [0, 0.05) is 23.6 Å². The van der Waals surface area contributed by atoms with Crippen LogP contribution < -0.4 is 24.3 Å². The van der Waals surface area contributed by atoms with E-state index in [-0.39, 0.29) is 11.8 Å². The van der Waals surface area contributed by atoms with Crippen LogP contribution in [0.5, 0.6) is 23.0 Å². The maximum absolute atomic E-state index is 13.9. The van der Waals surface area contributed by atoms with E-state index in [0.29, 0.717) is 39.8 Å². The summed E-state index contributed by atoms with van der Waals surface area (Å²) in [5, 5.41) is 4.92. The van der Waals surface area contributed by atoms with Crippen LogP contribution in [0.3, 0.4) is 0 Å². The highest BCUT2D eigenvalue weighted by Gasteiger charge is 2.44. The summed E-state index contributed by atoms with van der Waals surface area (Å²) in [5.41, 5.74) is 1.47. The number of carbonyl (C=O) groups excluding carboxylic acids is 2. The largest absolute Gasteiger partial charge is 0.497 e. The van der Waals surface area contributed by atoms with Crippen LogP contribution in [0.1, 0.15) is 32.8 Å². The molecule has 2 unspecified atom stereocenters. The zero-order valence-corrected chi connectivity index (χ0v) is 20.4. The Morgan fingerprint density at radius 3 is 2.26 bits per heavy atom. The highest BCUT2D eigenvalue weighted by molar-refractivity contribution is 7.10. The lowest BCUT2D eigenvalue weighted by Crippen LogP contribution is -2.43. The lowest BCUT2D eigenvalue weighted by Gasteiger charge is -2.39. The molecule has 0 aliphatic carbocycles. The number of thiophene rings is 1. The van der Waals surface area contributed by atoms with Crippen LogP contribution in [0.4, 0.5) is 5.69 Å². The van der Waals surface area contributed by atoms with Gasteiger partial charge in [-0.2, -0.15) is 0 Å². The molecule has 2 atom stereocenters. The number of nitrogens with one attached hydrogen (secondary N) is 1. The first kappa shape index (κ1) is 23.4. The number of hydrogen-bond donors (Lipinski definition) is 1. The molecular formula is C25H26N2O6S. The second-order valence-electron chi connectivity index (χ2n) is 7.70. The predicted octanol–water partition coefficient (Wildman–Crippen LogP) is 4.33. The van der Waals surface area contributed by atoms with Gasteiger partial charge in [0.15, 0.2) is 11.5 Å². The molecule has 0 spiro atoms. The van der Waals surface area contributed by atoms with Crippen LogP contribution in [-0.4, -0.2) is 52.2 Å². The number of methoxy groups -OCH3 is 4. The molecule has 0 saturated carbocycles. The average molecular weight is 483 g/mol. The molecule has 0 radical (unpaired) electrons. The number of nitrogens with zero attached hydrogens (tertiary/aromatic N) is 1. The Bertz CT molecular complexity index is 1210. The summed E-state index contributed by atoms with van der Waals surface area (Å²) in [5.74, 6) is 0.764. The second kappa shape index (κ2) is 9.64. The number of likely N-dealkylation sites (N-methyl/N-ethyl adjacent to an activating group) is 1. The number of fused-ring (bicyclic) bond motifs is 1. The Morgan fingerprint density at radius 2 is 1.65 bits per heavy atom. The monoisotopic (exact) mass is 482 g/mol. The smallest absolute Gasteiger partial charge is 0.254 e. The van der Waals surface area contributed by atoms with Gasteiger partial charge >= 0.3 is 0 Å². The Kier molecular flexibility index (Phi) is 6.65. The fourth-order valence-corrected chi connectivity index (χ4v) is 5.16. The molecule has 0 saturated heterocycles. The van der Waals surface area contributed by atoms with Crippen molar-refractivity contribution in [1.82, 2.24) is 4.90 Å². The van der Waals surface area contributed by atoms with E-state index in [1.807, 2.05) is 17.5 Å². The minimum Gasteiger partial charge on any atom is -0.497 e. The lowest BCUT2D eigenvalue weighted by molar-refractivity contribution is -0.119. The lowest BCUT2D eigenvalue weighted by atomic mass is 9.81. The standard InChI is InChI=1S/C25H26N2O6S/c1-27-23(21-7-6-10-34-21)22(15-12-19(32-4)20(33-5)13-16(15)25(27)29)24(28)26-17-9-8-14(30-2)11-18(17)31-3/h6-13,22-23H,1-5H3,(H,26,28). The summed E-state index contributed by atoms with van der Waals surface area (Å²) in [6.07, 6.45) is 0. The van der Waals surface area contributed by atoms with Crippen molar-refractivity contribution in [3.05, 3.63) is 63.8 Å². The summed E-state index contributed by atoms with van der Waals surface area (Å²) >= 11 is 1.50. The van der Waals surface area contributed by atoms with Gasteiger partial charge in [-0.3, -0.25) is 9.59 Å². The molecule has 1 N–H and O–H groups in total. The fraction of sp³-hybridized carbons (Fsp3) is 0.280. The van der Waals surface area contributed by atoms with Crippen LogP contribution in [0.25, 0.3) is 0 Å². The first-order valence-corrected chi connectivity index (χ1v) is 11.4. The summed E-state index contributed by atoms with van der Waals surface area (Å²) in [6, 6.07) is 11.9. The molecule has 0 fully saturated rings. The summed E-state index contributed by atoms with van der Waals surface area (Å²) in [6.45, 7) is 0. The number of benzene rings is 2. The minimum atomic E-state index is -0.706. The first-order chi connectivity index (χ1) is 16.4. The summed E-state index contributed by atoms with van der Waals surface area (Å²) in [7, 11) is 7.83. The van der Waals surface area contributed by atoms with Crippen molar-refractivity contribution in [3.8, 4) is 23.0 Å². The molecule has 178 valence electrons. The molecule has 3 aromatic rings. The molecule has 1 aliphatic heterocycles. The zero-order chi connectivity index (χ0) is 24.4. The SMILES string of the molecule is COc1ccc(NC(=O)C2c3cc(OC)c(OC)cc3C(=O)N(C)C2c2cccs2)c(OC)c1. The summed E-state index contributed by atoms with van der Waals surface area (Å²) < 4.78 is 21.6. The molecule has 1 aromatic heterocycles. The number of amides is 2. The summed E-state index contributed by atoms with van der Waals surface area (Å²) in [4.78, 5) is 29.7. The quantitative estimate of drug-likeness (QED) is 0.540. The van der Waals surface area contributed by atoms with Gasteiger partial charge < -0.3 is 29.2 Å². The molecule has 0 bridgehead atoms. The normalized spacial score (nSPS) is 17.1. The third-order valence-corrected chi connectivity index (χ3v) is 6.90. The maximum Gasteiger partial charge on any atom is 0.254 e. The molecule has 1 aliphatic rings. The van der Waals surface area contributed by atoms with Gasteiger partial charge in [0.2, 0.25) is 5.91 Å². The van der Waals surface area contributed by atoms with Crippen molar-refractivity contribution in [2.24, 2.45) is 0 Å². The topological polar surface area (TPSA) is 86.3 Å². The molecule has 34 heavy (non-hydrogen) atoms. The van der Waals surface area contributed by atoms with Gasteiger partial charge in [-0.15, -0.1) is 11.3 Å². The Morgan fingerprint density at radius 1 is 0.941 bits per heavy atom. The van der Waals surface area contributed by atoms with Crippen LogP contribution >= 0.6 is 11.3 Å². The minimum absolute atomic E-state index is 0.194. The highest BCUT2D eigenvalue weighted by Crippen LogP contribution is 2.47. The van der Waals surface area contributed by atoms with Gasteiger partial charge in [-0.1, -0.05) is 6.07 Å². The molecular weight excluding hydrogens is 456 g/mol. The molecule has 2 amide bonds. The van der Waals surface area contributed by atoms with Crippen molar-refractivity contribution < 1.29 is 28.5 Å². The van der Waals surface area contributed by atoms with Crippen LogP contribution in [0, 0.1) is 0 Å². The fourth-order valence-electron chi connectivity index (χ4n) is 4.26. The number of carbonyl (C=O) groups is 2. The van der Waals surface area contributed by atoms with E-state index in [0.717, 1.165) is 4.88 Å². The van der Waals surface area contributed by atoms with Crippen molar-refractivity contribution in [2.45, 2.75) is 12.0 Å². The maximum atomic E-state index is 13.9. The number of ether oxygens (including phenoxy) is 4. The Labute approximate surface area is 202 Å². The van der Waals surface area contributed by atoms with E-state index in [2.05, 4.69) is 5.32 Å². The molecule has 9 heteroatoms. The third-order valence-electron chi connectivity index (χ3n) is 5.96. The van der Waals surface area contributed by atoms with Crippen molar-refractivity contribution in [1.29, 1.82) is 0 Å². The van der Waals surface area contributed by atoms with E-state index < -0.39 is 12.0 Å². The predicted molar refractivity (Wildman–Crippen MR) is 130 cm³/mol. The Hall–Kier alpha value is -3.72. The number of rotatable bonds is 7. The molecule has 8 nitrogen and oxygen atoms in total. The average Bonchev–Trinajstić information content (AvgIpc) is 3.39. The Balaban J connectivity index is 1.84. The van der Waals surface area contributed by atoms with Crippen LogP contribution in [0.2, 0.25) is 0 Å². The molecule has 4 rings (SSSR count). The number of hydrogen-bond acceptors (Lipinski definition) is 7. The van der Waals surface area contributed by atoms with Gasteiger partial charge in [-0.25, -0.2) is 0 Å². The van der Waals surface area contributed by atoms with Crippen molar-refractivity contribution in [2.75, 3.05) is 40.8 Å². The van der Waals surface area contributed by atoms with Crippen molar-refractivity contribution >= 4 is 28.8 Å². The van der Waals surface area contributed by atoms with E-state index in [1.54, 1.807) is 49.4 Å².